The van der Waals surface area contributed by atoms with Crippen LogP contribution in [0.1, 0.15) is 54.4 Å². The Morgan fingerprint density at radius 3 is 2.12 bits per heavy atom. The molecule has 102 valence electrons. The highest BCUT2D eigenvalue weighted by molar-refractivity contribution is 5.79. The lowest BCUT2D eigenvalue weighted by atomic mass is 9.84. The molecule has 0 saturated carbocycles. The van der Waals surface area contributed by atoms with Gasteiger partial charge in [0.2, 0.25) is 5.91 Å². The summed E-state index contributed by atoms with van der Waals surface area (Å²) in [4.78, 5) is 14.4. The standard InChI is InChI=1S/C14H30N2O/c1-7-8-16(11(2)3)13(17)12(10-15)9-14(4,5)6/h11-12H,7-10,15H2,1-6H3. The molecule has 0 rings (SSSR count). The van der Waals surface area contributed by atoms with E-state index in [1.54, 1.807) is 0 Å². The second-order valence-corrected chi connectivity index (χ2v) is 6.32. The van der Waals surface area contributed by atoms with Crippen LogP contribution in [0.4, 0.5) is 0 Å². The van der Waals surface area contributed by atoms with Crippen LogP contribution in [0.2, 0.25) is 0 Å². The van der Waals surface area contributed by atoms with Crippen LogP contribution in [0.25, 0.3) is 0 Å². The number of hydrogen-bond donors (Lipinski definition) is 1. The Hall–Kier alpha value is -0.570. The van der Waals surface area contributed by atoms with E-state index < -0.39 is 0 Å². The Labute approximate surface area is 107 Å². The molecule has 1 atom stereocenters. The third-order valence-corrected chi connectivity index (χ3v) is 2.86. The fourth-order valence-corrected chi connectivity index (χ4v) is 2.11. The van der Waals surface area contributed by atoms with E-state index in [4.69, 9.17) is 5.73 Å². The minimum Gasteiger partial charge on any atom is -0.340 e. The molecule has 0 fully saturated rings. The van der Waals surface area contributed by atoms with Gasteiger partial charge in [-0.2, -0.15) is 0 Å². The second kappa shape index (κ2) is 7.00. The van der Waals surface area contributed by atoms with Crippen molar-refractivity contribution in [1.82, 2.24) is 4.90 Å². The van der Waals surface area contributed by atoms with Crippen molar-refractivity contribution in [3.8, 4) is 0 Å². The first-order valence-corrected chi connectivity index (χ1v) is 6.73. The van der Waals surface area contributed by atoms with Gasteiger partial charge in [0, 0.05) is 19.1 Å². The largest absolute Gasteiger partial charge is 0.340 e. The van der Waals surface area contributed by atoms with Gasteiger partial charge in [0.25, 0.3) is 0 Å². The number of amides is 1. The molecule has 1 amide bonds. The maximum Gasteiger partial charge on any atom is 0.227 e. The number of hydrogen-bond acceptors (Lipinski definition) is 2. The first kappa shape index (κ1) is 16.4. The summed E-state index contributed by atoms with van der Waals surface area (Å²) >= 11 is 0. The van der Waals surface area contributed by atoms with Crippen molar-refractivity contribution in [2.45, 2.75) is 60.4 Å². The normalized spacial score (nSPS) is 13.9. The highest BCUT2D eigenvalue weighted by Gasteiger charge is 2.28. The van der Waals surface area contributed by atoms with Gasteiger partial charge in [-0.05, 0) is 32.1 Å². The third kappa shape index (κ3) is 6.06. The summed E-state index contributed by atoms with van der Waals surface area (Å²) in [5.74, 6) is 0.184. The Morgan fingerprint density at radius 2 is 1.82 bits per heavy atom. The molecule has 0 aromatic rings. The molecule has 0 aromatic carbocycles. The van der Waals surface area contributed by atoms with Crippen LogP contribution in [-0.4, -0.2) is 29.9 Å². The van der Waals surface area contributed by atoms with E-state index in [0.29, 0.717) is 6.54 Å². The lowest BCUT2D eigenvalue weighted by Gasteiger charge is -2.32. The molecule has 0 bridgehead atoms. The third-order valence-electron chi connectivity index (χ3n) is 2.86. The molecule has 0 spiro atoms. The fraction of sp³-hybridized carbons (Fsp3) is 0.929. The maximum absolute atomic E-state index is 12.4. The van der Waals surface area contributed by atoms with Gasteiger partial charge < -0.3 is 10.6 Å². The summed E-state index contributed by atoms with van der Waals surface area (Å²) in [5, 5.41) is 0. The molecule has 3 heteroatoms. The van der Waals surface area contributed by atoms with Crippen molar-refractivity contribution in [2.24, 2.45) is 17.1 Å². The zero-order valence-corrected chi connectivity index (χ0v) is 12.4. The zero-order chi connectivity index (χ0) is 13.6. The van der Waals surface area contributed by atoms with Crippen LogP contribution in [0.15, 0.2) is 0 Å². The Bertz CT molecular complexity index is 231. The first-order valence-electron chi connectivity index (χ1n) is 6.73. The van der Waals surface area contributed by atoms with Crippen LogP contribution in [0.5, 0.6) is 0 Å². The average Bonchev–Trinajstić information content (AvgIpc) is 2.19. The molecule has 3 nitrogen and oxygen atoms in total. The Morgan fingerprint density at radius 1 is 1.29 bits per heavy atom. The van der Waals surface area contributed by atoms with E-state index >= 15 is 0 Å². The van der Waals surface area contributed by atoms with Crippen LogP contribution in [0, 0.1) is 11.3 Å². The van der Waals surface area contributed by atoms with Crippen molar-refractivity contribution < 1.29 is 4.79 Å². The van der Waals surface area contributed by atoms with Gasteiger partial charge in [0.05, 0.1) is 5.92 Å². The number of carbonyl (C=O) groups excluding carboxylic acids is 1. The SMILES string of the molecule is CCCN(C(=O)C(CN)CC(C)(C)C)C(C)C. The average molecular weight is 242 g/mol. The minimum atomic E-state index is -0.0380. The molecule has 0 aliphatic rings. The molecule has 1 unspecified atom stereocenters. The molecule has 0 aromatic heterocycles. The van der Waals surface area contributed by atoms with Crippen molar-refractivity contribution in [3.63, 3.8) is 0 Å². The van der Waals surface area contributed by atoms with Gasteiger partial charge in [-0.1, -0.05) is 27.7 Å². The summed E-state index contributed by atoms with van der Waals surface area (Å²) in [6.07, 6.45) is 1.85. The van der Waals surface area contributed by atoms with Crippen LogP contribution < -0.4 is 5.73 Å². The lowest BCUT2D eigenvalue weighted by molar-refractivity contribution is -0.138. The predicted octanol–water partition coefficient (Wildman–Crippen LogP) is 2.64. The molecule has 0 aliphatic heterocycles. The van der Waals surface area contributed by atoms with Gasteiger partial charge in [0.1, 0.15) is 0 Å². The van der Waals surface area contributed by atoms with E-state index in [9.17, 15) is 4.79 Å². The minimum absolute atomic E-state index is 0.0380. The van der Waals surface area contributed by atoms with Crippen molar-refractivity contribution in [1.29, 1.82) is 0 Å². The summed E-state index contributed by atoms with van der Waals surface area (Å²) < 4.78 is 0. The molecule has 0 radical (unpaired) electrons. The number of nitrogens with zero attached hydrogens (tertiary/aromatic N) is 1. The van der Waals surface area contributed by atoms with Crippen LogP contribution in [0.3, 0.4) is 0 Å². The topological polar surface area (TPSA) is 46.3 Å². The molecule has 2 N–H and O–H groups in total. The number of carbonyl (C=O) groups is 1. The number of rotatable bonds is 6. The molecule has 0 heterocycles. The van der Waals surface area contributed by atoms with Crippen LogP contribution >= 0.6 is 0 Å². The van der Waals surface area contributed by atoms with E-state index in [2.05, 4.69) is 41.5 Å². The predicted molar refractivity (Wildman–Crippen MR) is 73.8 cm³/mol. The summed E-state index contributed by atoms with van der Waals surface area (Å²) in [6.45, 7) is 14.0. The van der Waals surface area contributed by atoms with E-state index in [1.807, 2.05) is 4.90 Å². The molecular weight excluding hydrogens is 212 g/mol. The van der Waals surface area contributed by atoms with E-state index in [-0.39, 0.29) is 23.3 Å². The zero-order valence-electron chi connectivity index (χ0n) is 12.4. The monoisotopic (exact) mass is 242 g/mol. The van der Waals surface area contributed by atoms with Gasteiger partial charge in [-0.3, -0.25) is 4.79 Å². The first-order chi connectivity index (χ1) is 7.72. The highest BCUT2D eigenvalue weighted by Crippen LogP contribution is 2.25. The molecule has 17 heavy (non-hydrogen) atoms. The smallest absolute Gasteiger partial charge is 0.227 e. The Balaban J connectivity index is 4.70. The van der Waals surface area contributed by atoms with Crippen LogP contribution in [-0.2, 0) is 4.79 Å². The van der Waals surface area contributed by atoms with E-state index in [0.717, 1.165) is 19.4 Å². The highest BCUT2D eigenvalue weighted by atomic mass is 16.2. The van der Waals surface area contributed by atoms with Gasteiger partial charge >= 0.3 is 0 Å². The molecule has 0 aliphatic carbocycles. The van der Waals surface area contributed by atoms with Gasteiger partial charge in [-0.25, -0.2) is 0 Å². The maximum atomic E-state index is 12.4. The fourth-order valence-electron chi connectivity index (χ4n) is 2.11. The molecular formula is C14H30N2O. The van der Waals surface area contributed by atoms with Gasteiger partial charge in [0.15, 0.2) is 0 Å². The van der Waals surface area contributed by atoms with Crippen molar-refractivity contribution >= 4 is 5.91 Å². The van der Waals surface area contributed by atoms with Gasteiger partial charge in [-0.15, -0.1) is 0 Å². The van der Waals surface area contributed by atoms with E-state index in [1.165, 1.54) is 0 Å². The summed E-state index contributed by atoms with van der Waals surface area (Å²) in [5.41, 5.74) is 5.91. The molecule has 0 saturated heterocycles. The van der Waals surface area contributed by atoms with Crippen molar-refractivity contribution in [3.05, 3.63) is 0 Å². The number of nitrogens with two attached hydrogens (primary N) is 1. The van der Waals surface area contributed by atoms with Crippen molar-refractivity contribution in [2.75, 3.05) is 13.1 Å². The summed E-state index contributed by atoms with van der Waals surface area (Å²) in [6, 6.07) is 0.261. The summed E-state index contributed by atoms with van der Waals surface area (Å²) in [7, 11) is 0. The quantitative estimate of drug-likeness (QED) is 0.778. The Kier molecular flexibility index (Phi) is 6.76. The second-order valence-electron chi connectivity index (χ2n) is 6.32. The lowest BCUT2D eigenvalue weighted by Crippen LogP contribution is -2.44.